The highest BCUT2D eigenvalue weighted by Crippen LogP contribution is 2.29. The highest BCUT2D eigenvalue weighted by Gasteiger charge is 2.51. The summed E-state index contributed by atoms with van der Waals surface area (Å²) in [5, 5.41) is 24.7. The van der Waals surface area contributed by atoms with Crippen molar-refractivity contribution in [3.63, 3.8) is 0 Å². The fourth-order valence-electron chi connectivity index (χ4n) is 4.70. The topological polar surface area (TPSA) is 147 Å². The molecule has 4 amide bonds. The molecule has 1 aromatic heterocycles. The van der Waals surface area contributed by atoms with Crippen LogP contribution in [-0.2, 0) is 22.6 Å². The smallest absolute Gasteiger partial charge is 0.424 e. The fourth-order valence-corrected chi connectivity index (χ4v) is 4.70. The van der Waals surface area contributed by atoms with Crippen molar-refractivity contribution in [2.75, 3.05) is 26.7 Å². The highest BCUT2D eigenvalue weighted by atomic mass is 16.4. The van der Waals surface area contributed by atoms with Gasteiger partial charge in [-0.2, -0.15) is 0 Å². The van der Waals surface area contributed by atoms with E-state index in [1.165, 1.54) is 40.1 Å². The molecule has 12 nitrogen and oxygen atoms in total. The standard InChI is InChI=1S/C25H28N6O6/c1-3-11-29-15-22(33)30-20(12-16-7-9-18(32)10-8-16)24(35)28(14-21(30)31(29)25(36)37)13-17-5-4-6-19(27-17)23(34)26-2/h3-10,20-21,32H,1,11-15H2,2H3,(H,26,34)(H,36,37). The molecule has 2 fully saturated rings. The molecule has 0 spiro atoms. The molecule has 4 rings (SSSR count). The first-order valence-electron chi connectivity index (χ1n) is 11.7. The van der Waals surface area contributed by atoms with Gasteiger partial charge in [0.05, 0.1) is 25.3 Å². The monoisotopic (exact) mass is 508 g/mol. The zero-order valence-electron chi connectivity index (χ0n) is 20.3. The van der Waals surface area contributed by atoms with Crippen LogP contribution in [-0.4, -0.2) is 97.7 Å². The van der Waals surface area contributed by atoms with Gasteiger partial charge in [-0.15, -0.1) is 6.58 Å². The summed E-state index contributed by atoms with van der Waals surface area (Å²) in [5.41, 5.74) is 1.32. The Morgan fingerprint density at radius 2 is 1.92 bits per heavy atom. The molecule has 2 aliphatic heterocycles. The van der Waals surface area contributed by atoms with E-state index in [4.69, 9.17) is 0 Å². The van der Waals surface area contributed by atoms with Crippen molar-refractivity contribution < 1.29 is 29.4 Å². The van der Waals surface area contributed by atoms with Gasteiger partial charge in [0.25, 0.3) is 5.91 Å². The van der Waals surface area contributed by atoms with E-state index in [9.17, 15) is 29.4 Å². The number of carboxylic acid groups (broad SMARTS) is 1. The fraction of sp³-hybridized carbons (Fsp3) is 0.320. The lowest BCUT2D eigenvalue weighted by Crippen LogP contribution is -2.75. The summed E-state index contributed by atoms with van der Waals surface area (Å²) in [6, 6.07) is 10.2. The van der Waals surface area contributed by atoms with Crippen molar-refractivity contribution >= 4 is 23.8 Å². The molecule has 3 heterocycles. The van der Waals surface area contributed by atoms with Crippen molar-refractivity contribution in [2.24, 2.45) is 0 Å². The van der Waals surface area contributed by atoms with Crippen LogP contribution in [0.5, 0.6) is 5.75 Å². The number of piperazine rings is 1. The number of hydrogen-bond donors (Lipinski definition) is 3. The number of pyridine rings is 1. The molecule has 2 aliphatic rings. The summed E-state index contributed by atoms with van der Waals surface area (Å²) in [6.45, 7) is 3.51. The molecule has 2 aromatic rings. The summed E-state index contributed by atoms with van der Waals surface area (Å²) < 4.78 is 0. The van der Waals surface area contributed by atoms with Gasteiger partial charge in [0, 0.05) is 20.0 Å². The third-order valence-electron chi connectivity index (χ3n) is 6.35. The number of carbonyl (C=O) groups is 4. The Labute approximate surface area is 213 Å². The van der Waals surface area contributed by atoms with Crippen LogP contribution in [0.25, 0.3) is 0 Å². The first-order valence-corrected chi connectivity index (χ1v) is 11.7. The Hall–Kier alpha value is -4.45. The van der Waals surface area contributed by atoms with Crippen LogP contribution in [0.15, 0.2) is 55.1 Å². The lowest BCUT2D eigenvalue weighted by Gasteiger charge is -2.54. The van der Waals surface area contributed by atoms with Crippen LogP contribution in [0.3, 0.4) is 0 Å². The van der Waals surface area contributed by atoms with E-state index in [1.54, 1.807) is 30.3 Å². The zero-order chi connectivity index (χ0) is 26.7. The Morgan fingerprint density at radius 1 is 1.19 bits per heavy atom. The van der Waals surface area contributed by atoms with E-state index in [1.807, 2.05) is 0 Å². The van der Waals surface area contributed by atoms with Gasteiger partial charge in [0.2, 0.25) is 11.8 Å². The molecule has 3 N–H and O–H groups in total. The van der Waals surface area contributed by atoms with Gasteiger partial charge in [-0.3, -0.25) is 14.4 Å². The SMILES string of the molecule is C=CCN1CC(=O)N2C(Cc3ccc(O)cc3)C(=O)N(Cc3cccc(C(=O)NC)n3)CC2N1C(=O)O. The molecule has 0 bridgehead atoms. The third-order valence-corrected chi connectivity index (χ3v) is 6.35. The number of nitrogens with one attached hydrogen (secondary N) is 1. The minimum atomic E-state index is -1.26. The molecule has 0 saturated carbocycles. The normalized spacial score (nSPS) is 20.0. The molecule has 37 heavy (non-hydrogen) atoms. The Morgan fingerprint density at radius 3 is 2.57 bits per heavy atom. The number of nitrogens with zero attached hydrogens (tertiary/aromatic N) is 5. The van der Waals surface area contributed by atoms with E-state index in [0.717, 1.165) is 5.01 Å². The predicted molar refractivity (Wildman–Crippen MR) is 131 cm³/mol. The number of aromatic hydroxyl groups is 1. The Bertz CT molecular complexity index is 1220. The third kappa shape index (κ3) is 5.23. The number of phenolic OH excluding ortho intramolecular Hbond substituents is 1. The summed E-state index contributed by atoms with van der Waals surface area (Å²) >= 11 is 0. The summed E-state index contributed by atoms with van der Waals surface area (Å²) in [5.74, 6) is -1.06. The second-order valence-corrected chi connectivity index (χ2v) is 8.74. The van der Waals surface area contributed by atoms with Crippen molar-refractivity contribution in [2.45, 2.75) is 25.2 Å². The van der Waals surface area contributed by atoms with Crippen LogP contribution >= 0.6 is 0 Å². The average molecular weight is 509 g/mol. The van der Waals surface area contributed by atoms with Crippen molar-refractivity contribution in [3.8, 4) is 5.75 Å². The lowest BCUT2D eigenvalue weighted by molar-refractivity contribution is -0.192. The molecule has 0 radical (unpaired) electrons. The minimum Gasteiger partial charge on any atom is -0.508 e. The second kappa shape index (κ2) is 10.7. The van der Waals surface area contributed by atoms with Gasteiger partial charge in [0.1, 0.15) is 23.7 Å². The van der Waals surface area contributed by atoms with E-state index in [-0.39, 0.29) is 61.8 Å². The van der Waals surface area contributed by atoms with Crippen molar-refractivity contribution in [3.05, 3.63) is 72.1 Å². The number of aromatic nitrogens is 1. The number of hydrazine groups is 1. The van der Waals surface area contributed by atoms with Crippen LogP contribution in [0.4, 0.5) is 4.79 Å². The van der Waals surface area contributed by atoms with E-state index < -0.39 is 18.3 Å². The Balaban J connectivity index is 1.71. The van der Waals surface area contributed by atoms with Gasteiger partial charge in [-0.25, -0.2) is 19.8 Å². The molecule has 12 heteroatoms. The van der Waals surface area contributed by atoms with E-state index >= 15 is 0 Å². The van der Waals surface area contributed by atoms with Crippen LogP contribution < -0.4 is 5.32 Å². The maximum atomic E-state index is 13.7. The zero-order valence-corrected chi connectivity index (χ0v) is 20.3. The number of fused-ring (bicyclic) bond motifs is 1. The first kappa shape index (κ1) is 25.6. The molecule has 194 valence electrons. The van der Waals surface area contributed by atoms with Gasteiger partial charge in [0.15, 0.2) is 0 Å². The van der Waals surface area contributed by atoms with Crippen molar-refractivity contribution in [1.29, 1.82) is 0 Å². The summed E-state index contributed by atoms with van der Waals surface area (Å²) in [4.78, 5) is 58.5. The van der Waals surface area contributed by atoms with Gasteiger partial charge < -0.3 is 25.3 Å². The molecule has 1 aromatic carbocycles. The number of benzene rings is 1. The summed E-state index contributed by atoms with van der Waals surface area (Å²) in [7, 11) is 1.49. The number of amides is 4. The number of carbonyl (C=O) groups excluding carboxylic acids is 3. The molecular formula is C25H28N6O6. The molecule has 2 unspecified atom stereocenters. The van der Waals surface area contributed by atoms with E-state index in [0.29, 0.717) is 11.3 Å². The van der Waals surface area contributed by atoms with Gasteiger partial charge >= 0.3 is 6.09 Å². The average Bonchev–Trinajstić information content (AvgIpc) is 2.87. The molecule has 2 atom stereocenters. The van der Waals surface area contributed by atoms with Gasteiger partial charge in [-0.05, 0) is 29.8 Å². The predicted octanol–water partition coefficient (Wildman–Crippen LogP) is 0.652. The maximum Gasteiger partial charge on any atom is 0.424 e. The second-order valence-electron chi connectivity index (χ2n) is 8.74. The number of hydrogen-bond acceptors (Lipinski definition) is 7. The highest BCUT2D eigenvalue weighted by molar-refractivity contribution is 5.92. The molecule has 0 aliphatic carbocycles. The quantitative estimate of drug-likeness (QED) is 0.462. The first-order chi connectivity index (χ1) is 17.7. The summed E-state index contributed by atoms with van der Waals surface area (Å²) in [6.07, 6.45) is -0.604. The number of rotatable bonds is 7. The molecule has 2 saturated heterocycles. The number of phenols is 1. The molecular weight excluding hydrogens is 480 g/mol. The van der Waals surface area contributed by atoms with Crippen molar-refractivity contribution in [1.82, 2.24) is 30.1 Å². The Kier molecular flexibility index (Phi) is 7.39. The van der Waals surface area contributed by atoms with Crippen LogP contribution in [0.1, 0.15) is 21.7 Å². The minimum absolute atomic E-state index is 0.0171. The van der Waals surface area contributed by atoms with Crippen LogP contribution in [0.2, 0.25) is 0 Å². The largest absolute Gasteiger partial charge is 0.508 e. The van der Waals surface area contributed by atoms with E-state index in [2.05, 4.69) is 16.9 Å². The van der Waals surface area contributed by atoms with Crippen LogP contribution in [0, 0.1) is 0 Å². The van der Waals surface area contributed by atoms with Gasteiger partial charge in [-0.1, -0.05) is 24.3 Å². The lowest BCUT2D eigenvalue weighted by atomic mass is 9.98. The maximum absolute atomic E-state index is 13.7.